The summed E-state index contributed by atoms with van der Waals surface area (Å²) >= 11 is 0. The van der Waals surface area contributed by atoms with E-state index in [1.807, 2.05) is 19.1 Å². The Bertz CT molecular complexity index is 533. The van der Waals surface area contributed by atoms with Crippen molar-refractivity contribution >= 4 is 17.5 Å². The number of hydrogen-bond acceptors (Lipinski definition) is 4. The summed E-state index contributed by atoms with van der Waals surface area (Å²) in [5.41, 5.74) is 12.5. The molecule has 114 valence electrons. The van der Waals surface area contributed by atoms with Crippen molar-refractivity contribution in [1.82, 2.24) is 4.90 Å². The molecular formula is C15H21N3O3. The molecular weight excluding hydrogens is 270 g/mol. The zero-order valence-electron chi connectivity index (χ0n) is 12.1. The summed E-state index contributed by atoms with van der Waals surface area (Å²) in [6, 6.07) is 7.22. The third kappa shape index (κ3) is 3.95. The van der Waals surface area contributed by atoms with Crippen molar-refractivity contribution in [3.8, 4) is 0 Å². The van der Waals surface area contributed by atoms with Gasteiger partial charge in [-0.3, -0.25) is 9.59 Å². The number of carbonyl (C=O) groups excluding carboxylic acids is 2. The minimum absolute atomic E-state index is 0.125. The van der Waals surface area contributed by atoms with Crippen molar-refractivity contribution in [2.24, 2.45) is 11.7 Å². The molecule has 4 N–H and O–H groups in total. The van der Waals surface area contributed by atoms with Crippen molar-refractivity contribution in [2.45, 2.75) is 26.0 Å². The minimum Gasteiger partial charge on any atom is -0.399 e. The third-order valence-corrected chi connectivity index (χ3v) is 3.61. The summed E-state index contributed by atoms with van der Waals surface area (Å²) in [4.78, 5) is 25.2. The lowest BCUT2D eigenvalue weighted by Gasteiger charge is -2.26. The van der Waals surface area contributed by atoms with Gasteiger partial charge in [-0.05, 0) is 30.0 Å². The maximum Gasteiger partial charge on any atom is 0.252 e. The van der Waals surface area contributed by atoms with E-state index in [-0.39, 0.29) is 18.4 Å². The van der Waals surface area contributed by atoms with E-state index in [4.69, 9.17) is 16.2 Å². The Morgan fingerprint density at radius 3 is 2.76 bits per heavy atom. The van der Waals surface area contributed by atoms with Gasteiger partial charge in [0, 0.05) is 18.8 Å². The normalized spacial score (nSPS) is 21.2. The minimum atomic E-state index is -0.544. The predicted molar refractivity (Wildman–Crippen MR) is 79.0 cm³/mol. The van der Waals surface area contributed by atoms with E-state index in [0.717, 1.165) is 12.0 Å². The van der Waals surface area contributed by atoms with Gasteiger partial charge in [0.05, 0.1) is 6.54 Å². The fraction of sp³-hybridized carbons (Fsp3) is 0.467. The highest BCUT2D eigenvalue weighted by atomic mass is 16.5. The van der Waals surface area contributed by atoms with Crippen molar-refractivity contribution in [3.63, 3.8) is 0 Å². The maximum absolute atomic E-state index is 12.5. The Hall–Kier alpha value is -2.08. The highest BCUT2D eigenvalue weighted by molar-refractivity contribution is 5.86. The number of amides is 2. The molecule has 0 aliphatic carbocycles. The van der Waals surface area contributed by atoms with Crippen LogP contribution in [0.5, 0.6) is 0 Å². The smallest absolute Gasteiger partial charge is 0.252 e. The van der Waals surface area contributed by atoms with E-state index in [9.17, 15) is 9.59 Å². The van der Waals surface area contributed by atoms with Gasteiger partial charge in [0.25, 0.3) is 5.91 Å². The fourth-order valence-electron chi connectivity index (χ4n) is 2.50. The SMILES string of the molecule is CC1CCOC1C(=O)N(CC(N)=O)Cc1cccc(N)c1. The summed E-state index contributed by atoms with van der Waals surface area (Å²) in [6.45, 7) is 2.71. The molecule has 1 heterocycles. The van der Waals surface area contributed by atoms with Gasteiger partial charge in [-0.25, -0.2) is 0 Å². The lowest BCUT2D eigenvalue weighted by molar-refractivity contribution is -0.145. The molecule has 2 unspecified atom stereocenters. The number of rotatable bonds is 5. The van der Waals surface area contributed by atoms with Gasteiger partial charge >= 0.3 is 0 Å². The molecule has 1 fully saturated rings. The first-order valence-corrected chi connectivity index (χ1v) is 7.00. The molecule has 1 aliphatic rings. The zero-order valence-corrected chi connectivity index (χ0v) is 12.1. The molecule has 2 atom stereocenters. The largest absolute Gasteiger partial charge is 0.399 e. The molecule has 0 aromatic heterocycles. The number of primary amides is 1. The number of ether oxygens (including phenoxy) is 1. The van der Waals surface area contributed by atoms with E-state index in [0.29, 0.717) is 18.8 Å². The standard InChI is InChI=1S/C15H21N3O3/c1-10-5-6-21-14(10)15(20)18(9-13(17)19)8-11-3-2-4-12(16)7-11/h2-4,7,10,14H,5-6,8-9,16H2,1H3,(H2,17,19). The Kier molecular flexibility index (Phi) is 4.80. The van der Waals surface area contributed by atoms with E-state index < -0.39 is 12.0 Å². The van der Waals surface area contributed by atoms with Crippen LogP contribution in [0, 0.1) is 5.92 Å². The summed E-state index contributed by atoms with van der Waals surface area (Å²) in [7, 11) is 0. The lowest BCUT2D eigenvalue weighted by Crippen LogP contribution is -2.44. The van der Waals surface area contributed by atoms with Gasteiger partial charge in [0.15, 0.2) is 0 Å². The predicted octanol–water partition coefficient (Wildman–Crippen LogP) is 0.508. The molecule has 6 heteroatoms. The molecule has 2 rings (SSSR count). The first-order chi connectivity index (χ1) is 9.97. The maximum atomic E-state index is 12.5. The number of nitrogens with zero attached hydrogens (tertiary/aromatic N) is 1. The molecule has 1 saturated heterocycles. The molecule has 1 aromatic rings. The van der Waals surface area contributed by atoms with Crippen LogP contribution in [0.1, 0.15) is 18.9 Å². The lowest BCUT2D eigenvalue weighted by atomic mass is 10.0. The van der Waals surface area contributed by atoms with Crippen LogP contribution in [0.4, 0.5) is 5.69 Å². The molecule has 0 spiro atoms. The fourth-order valence-corrected chi connectivity index (χ4v) is 2.50. The Morgan fingerprint density at radius 2 is 2.19 bits per heavy atom. The summed E-state index contributed by atoms with van der Waals surface area (Å²) in [6.07, 6.45) is 0.351. The van der Waals surface area contributed by atoms with Gasteiger partial charge in [-0.15, -0.1) is 0 Å². The van der Waals surface area contributed by atoms with Crippen LogP contribution >= 0.6 is 0 Å². The van der Waals surface area contributed by atoms with Gasteiger partial charge in [-0.2, -0.15) is 0 Å². The number of anilines is 1. The van der Waals surface area contributed by atoms with Gasteiger partial charge in [-0.1, -0.05) is 19.1 Å². The average molecular weight is 291 g/mol. The molecule has 0 radical (unpaired) electrons. The Morgan fingerprint density at radius 1 is 1.43 bits per heavy atom. The second-order valence-electron chi connectivity index (χ2n) is 5.46. The second-order valence-corrected chi connectivity index (χ2v) is 5.46. The van der Waals surface area contributed by atoms with E-state index in [1.54, 1.807) is 12.1 Å². The van der Waals surface area contributed by atoms with Gasteiger partial charge in [0.1, 0.15) is 6.10 Å². The summed E-state index contributed by atoms with van der Waals surface area (Å²) in [5.74, 6) is -0.590. The van der Waals surface area contributed by atoms with Crippen molar-refractivity contribution < 1.29 is 14.3 Å². The van der Waals surface area contributed by atoms with E-state index >= 15 is 0 Å². The van der Waals surface area contributed by atoms with E-state index in [1.165, 1.54) is 4.90 Å². The van der Waals surface area contributed by atoms with Crippen LogP contribution in [-0.2, 0) is 20.9 Å². The summed E-state index contributed by atoms with van der Waals surface area (Å²) in [5, 5.41) is 0. The molecule has 0 bridgehead atoms. The van der Waals surface area contributed by atoms with Crippen LogP contribution < -0.4 is 11.5 Å². The number of nitrogen functional groups attached to an aromatic ring is 1. The number of benzene rings is 1. The molecule has 2 amide bonds. The first-order valence-electron chi connectivity index (χ1n) is 7.00. The van der Waals surface area contributed by atoms with Crippen LogP contribution in [0.2, 0.25) is 0 Å². The van der Waals surface area contributed by atoms with Crippen LogP contribution in [0.3, 0.4) is 0 Å². The number of nitrogens with two attached hydrogens (primary N) is 2. The first kappa shape index (κ1) is 15.3. The molecule has 1 aliphatic heterocycles. The highest BCUT2D eigenvalue weighted by Crippen LogP contribution is 2.23. The quantitative estimate of drug-likeness (QED) is 0.772. The second kappa shape index (κ2) is 6.58. The van der Waals surface area contributed by atoms with Crippen molar-refractivity contribution in [3.05, 3.63) is 29.8 Å². The molecule has 21 heavy (non-hydrogen) atoms. The highest BCUT2D eigenvalue weighted by Gasteiger charge is 2.34. The Labute approximate surface area is 124 Å². The number of hydrogen-bond donors (Lipinski definition) is 2. The molecule has 1 aromatic carbocycles. The van der Waals surface area contributed by atoms with E-state index in [2.05, 4.69) is 0 Å². The average Bonchev–Trinajstić information content (AvgIpc) is 2.83. The molecule has 0 saturated carbocycles. The topological polar surface area (TPSA) is 98.6 Å². The third-order valence-electron chi connectivity index (χ3n) is 3.61. The van der Waals surface area contributed by atoms with Crippen molar-refractivity contribution in [2.75, 3.05) is 18.9 Å². The number of carbonyl (C=O) groups is 2. The van der Waals surface area contributed by atoms with Crippen LogP contribution in [0.25, 0.3) is 0 Å². The van der Waals surface area contributed by atoms with Crippen molar-refractivity contribution in [1.29, 1.82) is 0 Å². The van der Waals surface area contributed by atoms with Gasteiger partial charge < -0.3 is 21.1 Å². The van der Waals surface area contributed by atoms with Crippen LogP contribution in [-0.4, -0.2) is 36.0 Å². The monoisotopic (exact) mass is 291 g/mol. The van der Waals surface area contributed by atoms with Crippen LogP contribution in [0.15, 0.2) is 24.3 Å². The summed E-state index contributed by atoms with van der Waals surface area (Å²) < 4.78 is 5.48. The molecule has 6 nitrogen and oxygen atoms in total. The van der Waals surface area contributed by atoms with Gasteiger partial charge in [0.2, 0.25) is 5.91 Å². The zero-order chi connectivity index (χ0) is 15.4. The Balaban J connectivity index is 2.13.